The van der Waals surface area contributed by atoms with Crippen molar-refractivity contribution in [2.24, 2.45) is 0 Å². The lowest BCUT2D eigenvalue weighted by Crippen LogP contribution is -2.45. The molecule has 0 unspecified atom stereocenters. The summed E-state index contributed by atoms with van der Waals surface area (Å²) in [6, 6.07) is 18.9. The molecular formula is C29H33N5O. The van der Waals surface area contributed by atoms with Gasteiger partial charge in [-0.05, 0) is 48.4 Å². The van der Waals surface area contributed by atoms with Gasteiger partial charge in [-0.2, -0.15) is 0 Å². The number of aromatic nitrogens is 2. The average Bonchev–Trinajstić information content (AvgIpc) is 3.31. The quantitative estimate of drug-likeness (QED) is 0.457. The van der Waals surface area contributed by atoms with E-state index in [-0.39, 0.29) is 5.91 Å². The third kappa shape index (κ3) is 5.14. The molecule has 1 aliphatic heterocycles. The van der Waals surface area contributed by atoms with E-state index in [0.29, 0.717) is 5.56 Å². The lowest BCUT2D eigenvalue weighted by Gasteiger charge is -2.32. The van der Waals surface area contributed by atoms with Crippen LogP contribution in [0.25, 0.3) is 33.3 Å². The lowest BCUT2D eigenvalue weighted by molar-refractivity contribution is 0.0827. The molecule has 0 bridgehead atoms. The van der Waals surface area contributed by atoms with Crippen molar-refractivity contribution in [1.29, 1.82) is 0 Å². The molecule has 0 aliphatic carbocycles. The first-order valence-corrected chi connectivity index (χ1v) is 12.3. The molecule has 3 heterocycles. The van der Waals surface area contributed by atoms with Crippen LogP contribution in [0.4, 0.5) is 0 Å². The minimum atomic E-state index is 0.00593. The fourth-order valence-corrected chi connectivity index (χ4v) is 4.67. The maximum Gasteiger partial charge on any atom is 0.253 e. The summed E-state index contributed by atoms with van der Waals surface area (Å²) >= 11 is 0. The normalized spacial score (nSPS) is 14.9. The lowest BCUT2D eigenvalue weighted by atomic mass is 10.00. The molecule has 1 amide bonds. The van der Waals surface area contributed by atoms with Gasteiger partial charge in [-0.3, -0.25) is 4.79 Å². The molecule has 180 valence electrons. The Kier molecular flexibility index (Phi) is 6.66. The summed E-state index contributed by atoms with van der Waals surface area (Å²) in [4.78, 5) is 26.7. The van der Waals surface area contributed by atoms with Crippen LogP contribution in [0.3, 0.4) is 0 Å². The second kappa shape index (κ2) is 10.0. The number of carbonyl (C=O) groups excluding carboxylic acids is 1. The Labute approximate surface area is 207 Å². The number of rotatable bonds is 6. The molecule has 6 nitrogen and oxygen atoms in total. The van der Waals surface area contributed by atoms with Gasteiger partial charge < -0.3 is 19.7 Å². The Bertz CT molecular complexity index is 1300. The van der Waals surface area contributed by atoms with Gasteiger partial charge in [-0.1, -0.05) is 36.4 Å². The number of carbonyl (C=O) groups is 1. The molecule has 1 N–H and O–H groups in total. The summed E-state index contributed by atoms with van der Waals surface area (Å²) in [6.07, 6.45) is 5.00. The van der Waals surface area contributed by atoms with E-state index in [2.05, 4.69) is 57.1 Å². The highest BCUT2D eigenvalue weighted by Crippen LogP contribution is 2.31. The van der Waals surface area contributed by atoms with Crippen molar-refractivity contribution in [3.05, 3.63) is 78.1 Å². The third-order valence-electron chi connectivity index (χ3n) is 6.98. The van der Waals surface area contributed by atoms with Crippen LogP contribution in [0.5, 0.6) is 0 Å². The summed E-state index contributed by atoms with van der Waals surface area (Å²) in [5.74, 6) is 0.00593. The highest BCUT2D eigenvalue weighted by atomic mass is 16.2. The van der Waals surface area contributed by atoms with Gasteiger partial charge in [-0.25, -0.2) is 4.98 Å². The number of piperazine rings is 1. The molecular weight excluding hydrogens is 434 g/mol. The zero-order valence-electron chi connectivity index (χ0n) is 20.8. The van der Waals surface area contributed by atoms with E-state index < -0.39 is 0 Å². The van der Waals surface area contributed by atoms with Crippen LogP contribution in [0, 0.1) is 0 Å². The van der Waals surface area contributed by atoms with Crippen molar-refractivity contribution in [3.63, 3.8) is 0 Å². The van der Waals surface area contributed by atoms with Crippen molar-refractivity contribution in [2.75, 3.05) is 53.9 Å². The first kappa shape index (κ1) is 23.3. The zero-order valence-corrected chi connectivity index (χ0v) is 20.8. The number of aromatic amines is 1. The molecule has 5 rings (SSSR count). The largest absolute Gasteiger partial charge is 0.346 e. The minimum absolute atomic E-state index is 0.00593. The van der Waals surface area contributed by atoms with Crippen LogP contribution in [0.15, 0.2) is 67.0 Å². The number of nitrogens with one attached hydrogen (secondary N) is 1. The first-order chi connectivity index (χ1) is 17.0. The highest BCUT2D eigenvalue weighted by Gasteiger charge is 2.14. The summed E-state index contributed by atoms with van der Waals surface area (Å²) < 4.78 is 0. The molecule has 35 heavy (non-hydrogen) atoms. The fourth-order valence-electron chi connectivity index (χ4n) is 4.67. The summed E-state index contributed by atoms with van der Waals surface area (Å²) in [6.45, 7) is 5.76. The third-order valence-corrected chi connectivity index (χ3v) is 6.98. The van der Waals surface area contributed by atoms with Crippen LogP contribution in [0.2, 0.25) is 0 Å². The number of H-pyrrole nitrogens is 1. The predicted octanol–water partition coefficient (Wildman–Crippen LogP) is 4.39. The summed E-state index contributed by atoms with van der Waals surface area (Å²) in [5.41, 5.74) is 7.33. The molecule has 4 aromatic rings. The monoisotopic (exact) mass is 467 g/mol. The second-order valence-electron chi connectivity index (χ2n) is 9.69. The molecule has 2 aromatic heterocycles. The molecule has 0 spiro atoms. The molecule has 1 saturated heterocycles. The molecule has 0 saturated carbocycles. The van der Waals surface area contributed by atoms with Crippen molar-refractivity contribution < 1.29 is 4.79 Å². The number of hydrogen-bond acceptors (Lipinski definition) is 4. The van der Waals surface area contributed by atoms with Crippen molar-refractivity contribution in [3.8, 4) is 22.3 Å². The van der Waals surface area contributed by atoms with Gasteiger partial charge in [0.05, 0.1) is 0 Å². The number of benzene rings is 2. The maximum absolute atomic E-state index is 12.2. The van der Waals surface area contributed by atoms with Gasteiger partial charge in [-0.15, -0.1) is 0 Å². The smallest absolute Gasteiger partial charge is 0.253 e. The van der Waals surface area contributed by atoms with Crippen LogP contribution >= 0.6 is 0 Å². The fraction of sp³-hybridized carbons (Fsp3) is 0.310. The van der Waals surface area contributed by atoms with Crippen molar-refractivity contribution >= 4 is 16.9 Å². The number of pyridine rings is 1. The number of likely N-dealkylation sites (N-methyl/N-ethyl adjacent to an activating group) is 1. The van der Waals surface area contributed by atoms with Crippen LogP contribution in [0.1, 0.15) is 15.9 Å². The van der Waals surface area contributed by atoms with Crippen molar-refractivity contribution in [1.82, 2.24) is 24.7 Å². The highest BCUT2D eigenvalue weighted by molar-refractivity contribution is 5.97. The molecule has 0 atom stereocenters. The predicted molar refractivity (Wildman–Crippen MR) is 143 cm³/mol. The van der Waals surface area contributed by atoms with Gasteiger partial charge in [0.25, 0.3) is 5.91 Å². The average molecular weight is 468 g/mol. The maximum atomic E-state index is 12.2. The van der Waals surface area contributed by atoms with Gasteiger partial charge in [0.2, 0.25) is 0 Å². The van der Waals surface area contributed by atoms with Gasteiger partial charge in [0.15, 0.2) is 0 Å². The minimum Gasteiger partial charge on any atom is -0.346 e. The standard InChI is InChI=1S/C29H33N5O/c1-32(2)29(35)24-10-8-23(9-11-24)27-20-31-28-26(27)18-25(19-30-28)22-6-4-21(5-7-22)12-13-34-16-14-33(3)15-17-34/h4-11,18-20H,12-17H2,1-3H3,(H,30,31). The Morgan fingerprint density at radius 3 is 2.31 bits per heavy atom. The number of amides is 1. The van der Waals surface area contributed by atoms with Gasteiger partial charge in [0.1, 0.15) is 5.65 Å². The van der Waals surface area contributed by atoms with E-state index >= 15 is 0 Å². The SMILES string of the molecule is CN1CCN(CCc2ccc(-c3cnc4[nH]cc(-c5ccc(C(=O)N(C)C)cc5)c4c3)cc2)CC1. The van der Waals surface area contributed by atoms with E-state index in [9.17, 15) is 4.79 Å². The number of nitrogens with zero attached hydrogens (tertiary/aromatic N) is 4. The Hall–Kier alpha value is -3.48. The van der Waals surface area contributed by atoms with E-state index in [1.54, 1.807) is 19.0 Å². The molecule has 0 radical (unpaired) electrons. The Morgan fingerprint density at radius 1 is 0.943 bits per heavy atom. The number of hydrogen-bond donors (Lipinski definition) is 1. The zero-order chi connectivity index (χ0) is 24.4. The molecule has 1 fully saturated rings. The first-order valence-electron chi connectivity index (χ1n) is 12.3. The molecule has 6 heteroatoms. The Balaban J connectivity index is 1.32. The summed E-state index contributed by atoms with van der Waals surface area (Å²) in [5, 5.41) is 1.08. The summed E-state index contributed by atoms with van der Waals surface area (Å²) in [7, 11) is 5.73. The van der Waals surface area contributed by atoms with Crippen molar-refractivity contribution in [2.45, 2.75) is 6.42 Å². The van der Waals surface area contributed by atoms with E-state index in [4.69, 9.17) is 0 Å². The van der Waals surface area contributed by atoms with Crippen LogP contribution < -0.4 is 0 Å². The molecule has 1 aliphatic rings. The van der Waals surface area contributed by atoms with Gasteiger partial charge in [0, 0.05) is 81.3 Å². The van der Waals surface area contributed by atoms with Crippen LogP contribution in [-0.4, -0.2) is 84.4 Å². The second-order valence-corrected chi connectivity index (χ2v) is 9.69. The van der Waals surface area contributed by atoms with Gasteiger partial charge >= 0.3 is 0 Å². The van der Waals surface area contributed by atoms with E-state index in [0.717, 1.165) is 66.9 Å². The topological polar surface area (TPSA) is 55.5 Å². The van der Waals surface area contributed by atoms with E-state index in [1.165, 1.54) is 11.1 Å². The van der Waals surface area contributed by atoms with Crippen LogP contribution in [-0.2, 0) is 6.42 Å². The molecule has 2 aromatic carbocycles. The number of fused-ring (bicyclic) bond motifs is 1. The Morgan fingerprint density at radius 2 is 1.63 bits per heavy atom. The van der Waals surface area contributed by atoms with E-state index in [1.807, 2.05) is 36.7 Å².